The van der Waals surface area contributed by atoms with Crippen molar-refractivity contribution in [3.8, 4) is 0 Å². The molecule has 0 aromatic rings. The Hall–Kier alpha value is 0.909. The number of hydrogen-bond donors (Lipinski definition) is 0. The fourth-order valence-electron chi connectivity index (χ4n) is 0.372. The van der Waals surface area contributed by atoms with Gasteiger partial charge in [-0.3, -0.25) is 0 Å². The number of hydrogen-bond acceptors (Lipinski definition) is 0. The summed E-state index contributed by atoms with van der Waals surface area (Å²) in [6, 6.07) is 0. The van der Waals surface area contributed by atoms with Gasteiger partial charge < -0.3 is 0 Å². The fourth-order valence-corrected chi connectivity index (χ4v) is 3.75. The first-order chi connectivity index (χ1) is 3.35. The topological polar surface area (TPSA) is 0 Å². The van der Waals surface area contributed by atoms with Crippen LogP contribution in [0.15, 0.2) is 0 Å². The van der Waals surface area contributed by atoms with E-state index in [1.807, 2.05) is 0 Å². The summed E-state index contributed by atoms with van der Waals surface area (Å²) in [6.45, 7) is 2.26. The van der Waals surface area contributed by atoms with Gasteiger partial charge in [0.2, 0.25) is 0 Å². The van der Waals surface area contributed by atoms with Gasteiger partial charge in [0.15, 0.2) is 0 Å². The van der Waals surface area contributed by atoms with Crippen LogP contribution in [0.5, 0.6) is 0 Å². The normalized spacial score (nSPS) is 12.1. The molecule has 2 heteroatoms. The van der Waals surface area contributed by atoms with Crippen LogP contribution in [0.4, 0.5) is 0 Å². The van der Waals surface area contributed by atoms with Crippen molar-refractivity contribution in [3.63, 3.8) is 0 Å². The van der Waals surface area contributed by atoms with E-state index in [9.17, 15) is 0 Å². The summed E-state index contributed by atoms with van der Waals surface area (Å²) in [5.41, 5.74) is 0. The average Bonchev–Trinajstić information content (AvgIpc) is 1.72. The zero-order valence-electron chi connectivity index (χ0n) is 5.02. The van der Waals surface area contributed by atoms with Gasteiger partial charge in [0.25, 0.3) is 0 Å². The van der Waals surface area contributed by atoms with Crippen LogP contribution >= 0.6 is 0 Å². The Morgan fingerprint density at radius 2 is 2.29 bits per heavy atom. The molecule has 0 nitrogen and oxygen atoms in total. The van der Waals surface area contributed by atoms with Gasteiger partial charge in [-0.25, -0.2) is 0 Å². The van der Waals surface area contributed by atoms with Gasteiger partial charge in [0.05, 0.1) is 0 Å². The molecular formula is C5H11Se2+. The van der Waals surface area contributed by atoms with Gasteiger partial charge in [-0.15, -0.1) is 0 Å². The maximum atomic E-state index is 2.30. The molecule has 0 saturated carbocycles. The molecule has 0 spiro atoms. The molecule has 0 atom stereocenters. The van der Waals surface area contributed by atoms with E-state index in [4.69, 9.17) is 0 Å². The van der Waals surface area contributed by atoms with Crippen molar-refractivity contribution in [2.45, 2.75) is 25.0 Å². The van der Waals surface area contributed by atoms with E-state index in [1.54, 1.807) is 3.32 Å². The minimum atomic E-state index is 0.837. The van der Waals surface area contributed by atoms with Gasteiger partial charge in [0.1, 0.15) is 0 Å². The molecule has 0 aromatic heterocycles. The van der Waals surface area contributed by atoms with Crippen LogP contribution < -0.4 is 0 Å². The van der Waals surface area contributed by atoms with Crippen molar-refractivity contribution in [1.29, 1.82) is 0 Å². The zero-order valence-corrected chi connectivity index (χ0v) is 8.45. The molecule has 0 N–H and O–H groups in total. The van der Waals surface area contributed by atoms with E-state index in [2.05, 4.69) is 18.6 Å². The van der Waals surface area contributed by atoms with Gasteiger partial charge >= 0.3 is 57.8 Å². The molecule has 0 radical (unpaired) electrons. The van der Waals surface area contributed by atoms with E-state index >= 15 is 0 Å². The summed E-state index contributed by atoms with van der Waals surface area (Å²) >= 11 is 1.67. The Bertz CT molecular complexity index is 60.5. The fraction of sp³-hybridized carbons (Fsp3) is 0.800. The molecule has 7 heavy (non-hydrogen) atoms. The summed E-state index contributed by atoms with van der Waals surface area (Å²) in [5, 5.41) is 0. The quantitative estimate of drug-likeness (QED) is 0.620. The van der Waals surface area contributed by atoms with Crippen molar-refractivity contribution in [3.05, 3.63) is 0 Å². The summed E-state index contributed by atoms with van der Waals surface area (Å²) in [7, 11) is 0. The van der Waals surface area contributed by atoms with Crippen LogP contribution in [0.25, 0.3) is 0 Å². The molecule has 0 aliphatic heterocycles. The third-order valence-corrected chi connectivity index (χ3v) is 7.50. The summed E-state index contributed by atoms with van der Waals surface area (Å²) in [4.78, 5) is 0. The monoisotopic (exact) mass is 231 g/mol. The third kappa shape index (κ3) is 3.49. The van der Waals surface area contributed by atoms with Crippen LogP contribution in [-0.4, -0.2) is 32.8 Å². The first-order valence-corrected chi connectivity index (χ1v) is 7.42. The van der Waals surface area contributed by atoms with Gasteiger partial charge in [-0.1, -0.05) is 0 Å². The molecule has 0 heterocycles. The molecule has 0 aliphatic carbocycles. The van der Waals surface area contributed by atoms with E-state index in [0.717, 1.165) is 29.5 Å². The third-order valence-electron chi connectivity index (χ3n) is 0.744. The molecule has 0 saturated heterocycles. The Balaban J connectivity index is 3.38. The first kappa shape index (κ1) is 7.91. The Kier molecular flexibility index (Phi) is 5.71. The van der Waals surface area contributed by atoms with Crippen molar-refractivity contribution in [2.24, 2.45) is 0 Å². The molecule has 0 aromatic carbocycles. The second-order valence-corrected chi connectivity index (χ2v) is 6.22. The summed E-state index contributed by atoms with van der Waals surface area (Å²) in [5.74, 6) is 4.61. The molecule has 42 valence electrons. The second-order valence-electron chi connectivity index (χ2n) is 1.13. The predicted octanol–water partition coefficient (Wildman–Crippen LogP) is 1.03. The molecule has 0 fully saturated rings. The second kappa shape index (κ2) is 5.05. The standard InChI is InChI=1S/C5H11Se2/c1-4-5(6-2)7-3/h4H2,1-3H3/q+1. The molecule has 0 unspecified atom stereocenters. The van der Waals surface area contributed by atoms with E-state index < -0.39 is 0 Å². The van der Waals surface area contributed by atoms with E-state index in [1.165, 1.54) is 6.42 Å². The van der Waals surface area contributed by atoms with Gasteiger partial charge in [-0.2, -0.15) is 0 Å². The Morgan fingerprint density at radius 1 is 1.71 bits per heavy atom. The van der Waals surface area contributed by atoms with E-state index in [0.29, 0.717) is 0 Å². The molecule has 0 amide bonds. The predicted molar refractivity (Wildman–Crippen MR) is 38.5 cm³/mol. The summed E-state index contributed by atoms with van der Waals surface area (Å²) in [6.07, 6.45) is 1.33. The molecular weight excluding hydrogens is 218 g/mol. The first-order valence-electron chi connectivity index (χ1n) is 2.29. The molecule has 0 aliphatic rings. The van der Waals surface area contributed by atoms with Crippen molar-refractivity contribution >= 4 is 32.8 Å². The Morgan fingerprint density at radius 3 is 2.29 bits per heavy atom. The average molecular weight is 229 g/mol. The summed E-state index contributed by atoms with van der Waals surface area (Å²) < 4.78 is 1.81. The molecule has 0 bridgehead atoms. The van der Waals surface area contributed by atoms with Crippen molar-refractivity contribution in [1.82, 2.24) is 0 Å². The maximum absolute atomic E-state index is 2.30. The zero-order chi connectivity index (χ0) is 5.70. The number of rotatable bonds is 2. The van der Waals surface area contributed by atoms with Crippen LogP contribution in [-0.2, 0) is 0 Å². The van der Waals surface area contributed by atoms with Crippen LogP contribution in [0, 0.1) is 0 Å². The van der Waals surface area contributed by atoms with Gasteiger partial charge in [0, 0.05) is 0 Å². The van der Waals surface area contributed by atoms with Crippen LogP contribution in [0.3, 0.4) is 0 Å². The molecule has 0 rings (SSSR count). The Labute approximate surface area is 57.9 Å². The minimum absolute atomic E-state index is 0.837. The van der Waals surface area contributed by atoms with Crippen molar-refractivity contribution in [2.75, 3.05) is 0 Å². The van der Waals surface area contributed by atoms with Crippen molar-refractivity contribution < 1.29 is 0 Å². The van der Waals surface area contributed by atoms with Crippen LogP contribution in [0.2, 0.25) is 11.6 Å². The van der Waals surface area contributed by atoms with E-state index in [-0.39, 0.29) is 0 Å². The van der Waals surface area contributed by atoms with Gasteiger partial charge in [-0.05, 0) is 0 Å². The SMILES string of the molecule is CCC([Se]C)=[Se+]C. The van der Waals surface area contributed by atoms with Crippen LogP contribution in [0.1, 0.15) is 13.3 Å².